The van der Waals surface area contributed by atoms with Crippen LogP contribution in [0.1, 0.15) is 43.4 Å². The molecule has 0 unspecified atom stereocenters. The summed E-state index contributed by atoms with van der Waals surface area (Å²) in [5.74, 6) is 1.46. The van der Waals surface area contributed by atoms with Gasteiger partial charge in [-0.1, -0.05) is 20.8 Å². The summed E-state index contributed by atoms with van der Waals surface area (Å²) < 4.78 is 5.57. The highest BCUT2D eigenvalue weighted by Crippen LogP contribution is 2.32. The Kier molecular flexibility index (Phi) is 3.02. The third kappa shape index (κ3) is 1.83. The van der Waals surface area contributed by atoms with Crippen molar-refractivity contribution in [1.29, 1.82) is 0 Å². The first kappa shape index (κ1) is 11.3. The smallest absolute Gasteiger partial charge is 0.115 e. The average Bonchev–Trinajstić information content (AvgIpc) is 2.40. The van der Waals surface area contributed by atoms with Crippen molar-refractivity contribution in [3.8, 4) is 0 Å². The molecule has 0 bridgehead atoms. The second kappa shape index (κ2) is 3.75. The number of aliphatic hydroxyl groups is 2. The van der Waals surface area contributed by atoms with E-state index in [1.165, 1.54) is 0 Å². The molecule has 0 aliphatic carbocycles. The highest BCUT2D eigenvalue weighted by atomic mass is 16.3. The van der Waals surface area contributed by atoms with Crippen molar-refractivity contribution in [1.82, 2.24) is 0 Å². The van der Waals surface area contributed by atoms with Crippen molar-refractivity contribution in [2.45, 2.75) is 46.3 Å². The van der Waals surface area contributed by atoms with E-state index < -0.39 is 0 Å². The minimum absolute atomic E-state index is 0.0820. The molecule has 3 heteroatoms. The number of rotatable bonds is 2. The van der Waals surface area contributed by atoms with E-state index in [1.54, 1.807) is 6.92 Å². The molecule has 80 valence electrons. The Morgan fingerprint density at radius 3 is 1.93 bits per heavy atom. The fourth-order valence-electron chi connectivity index (χ4n) is 1.61. The highest BCUT2D eigenvalue weighted by Gasteiger charge is 2.25. The molecule has 0 radical (unpaired) electrons. The standard InChI is InChI=1S/C11H18O3/c1-7-8(5-12)9(6-13)10(14-7)11(2,3)4/h12-13H,5-6H2,1-4H3. The first-order valence-corrected chi connectivity index (χ1v) is 4.75. The number of aliphatic hydroxyl groups excluding tert-OH is 2. The molecule has 0 saturated heterocycles. The molecule has 1 heterocycles. The van der Waals surface area contributed by atoms with Crippen molar-refractivity contribution < 1.29 is 14.6 Å². The molecular formula is C11H18O3. The van der Waals surface area contributed by atoms with E-state index in [4.69, 9.17) is 9.52 Å². The largest absolute Gasteiger partial charge is 0.465 e. The number of hydrogen-bond donors (Lipinski definition) is 2. The van der Waals surface area contributed by atoms with Gasteiger partial charge in [-0.3, -0.25) is 0 Å². The van der Waals surface area contributed by atoms with Gasteiger partial charge in [0.15, 0.2) is 0 Å². The van der Waals surface area contributed by atoms with Gasteiger partial charge >= 0.3 is 0 Å². The van der Waals surface area contributed by atoms with Crippen molar-refractivity contribution in [2.75, 3.05) is 0 Å². The maximum absolute atomic E-state index is 9.24. The Balaban J connectivity index is 3.31. The van der Waals surface area contributed by atoms with Crippen LogP contribution in [0.15, 0.2) is 4.42 Å². The first-order chi connectivity index (χ1) is 6.41. The fourth-order valence-corrected chi connectivity index (χ4v) is 1.61. The SMILES string of the molecule is Cc1oc(C(C)(C)C)c(CO)c1CO. The molecule has 0 fully saturated rings. The zero-order valence-corrected chi connectivity index (χ0v) is 9.22. The molecule has 0 spiro atoms. The van der Waals surface area contributed by atoms with Crippen molar-refractivity contribution in [3.05, 3.63) is 22.6 Å². The van der Waals surface area contributed by atoms with Crippen LogP contribution < -0.4 is 0 Å². The Bertz CT molecular complexity index is 318. The lowest BCUT2D eigenvalue weighted by Gasteiger charge is -2.16. The summed E-state index contributed by atoms with van der Waals surface area (Å²) >= 11 is 0. The Hall–Kier alpha value is -0.800. The highest BCUT2D eigenvalue weighted by molar-refractivity contribution is 5.35. The molecule has 0 aliphatic heterocycles. The van der Waals surface area contributed by atoms with Gasteiger partial charge in [0.1, 0.15) is 11.5 Å². The monoisotopic (exact) mass is 198 g/mol. The molecule has 0 atom stereocenters. The molecule has 1 aromatic rings. The van der Waals surface area contributed by atoms with Gasteiger partial charge in [0.05, 0.1) is 13.2 Å². The van der Waals surface area contributed by atoms with Crippen molar-refractivity contribution in [2.24, 2.45) is 0 Å². The summed E-state index contributed by atoms with van der Waals surface area (Å²) in [6.45, 7) is 7.70. The topological polar surface area (TPSA) is 53.6 Å². The molecule has 3 nitrogen and oxygen atoms in total. The predicted molar refractivity (Wildman–Crippen MR) is 54.0 cm³/mol. The summed E-state index contributed by atoms with van der Waals surface area (Å²) in [6, 6.07) is 0. The van der Waals surface area contributed by atoms with Crippen LogP contribution in [0, 0.1) is 6.92 Å². The van der Waals surface area contributed by atoms with Crippen LogP contribution in [0.5, 0.6) is 0 Å². The van der Waals surface area contributed by atoms with E-state index in [0.717, 1.165) is 16.9 Å². The first-order valence-electron chi connectivity index (χ1n) is 4.75. The van der Waals surface area contributed by atoms with Gasteiger partial charge in [-0.15, -0.1) is 0 Å². The maximum atomic E-state index is 9.24. The van der Waals surface area contributed by atoms with E-state index >= 15 is 0 Å². The third-order valence-electron chi connectivity index (χ3n) is 2.32. The zero-order chi connectivity index (χ0) is 10.9. The molecule has 0 aromatic carbocycles. The summed E-state index contributed by atoms with van der Waals surface area (Å²) in [4.78, 5) is 0. The number of hydrogen-bond acceptors (Lipinski definition) is 3. The van der Waals surface area contributed by atoms with Crippen LogP contribution in [-0.2, 0) is 18.6 Å². The second-order valence-corrected chi connectivity index (χ2v) is 4.51. The lowest BCUT2D eigenvalue weighted by molar-refractivity contribution is 0.258. The molecule has 0 amide bonds. The van der Waals surface area contributed by atoms with Crippen LogP contribution in [0.2, 0.25) is 0 Å². The molecule has 0 saturated carbocycles. The van der Waals surface area contributed by atoms with Crippen LogP contribution in [0.25, 0.3) is 0 Å². The summed E-state index contributed by atoms with van der Waals surface area (Å²) in [7, 11) is 0. The fraction of sp³-hybridized carbons (Fsp3) is 0.636. The van der Waals surface area contributed by atoms with Gasteiger partial charge in [-0.2, -0.15) is 0 Å². The summed E-state index contributed by atoms with van der Waals surface area (Å²) in [5, 5.41) is 18.4. The van der Waals surface area contributed by atoms with Crippen LogP contribution in [0.3, 0.4) is 0 Å². The maximum Gasteiger partial charge on any atom is 0.115 e. The molecule has 1 aromatic heterocycles. The van der Waals surface area contributed by atoms with E-state index in [9.17, 15) is 5.11 Å². The Morgan fingerprint density at radius 1 is 1.07 bits per heavy atom. The van der Waals surface area contributed by atoms with Gasteiger partial charge in [0.2, 0.25) is 0 Å². The van der Waals surface area contributed by atoms with E-state index in [-0.39, 0.29) is 18.6 Å². The molecular weight excluding hydrogens is 180 g/mol. The molecule has 2 N–H and O–H groups in total. The van der Waals surface area contributed by atoms with Gasteiger partial charge in [0.25, 0.3) is 0 Å². The van der Waals surface area contributed by atoms with E-state index in [0.29, 0.717) is 5.76 Å². The van der Waals surface area contributed by atoms with E-state index in [2.05, 4.69) is 0 Å². The van der Waals surface area contributed by atoms with Crippen LogP contribution in [0.4, 0.5) is 0 Å². The Labute approximate surface area is 84.4 Å². The quantitative estimate of drug-likeness (QED) is 0.762. The van der Waals surface area contributed by atoms with Gasteiger partial charge in [-0.25, -0.2) is 0 Å². The lowest BCUT2D eigenvalue weighted by Crippen LogP contribution is -2.12. The van der Waals surface area contributed by atoms with Crippen molar-refractivity contribution in [3.63, 3.8) is 0 Å². The minimum Gasteiger partial charge on any atom is -0.465 e. The summed E-state index contributed by atoms with van der Waals surface area (Å²) in [5.41, 5.74) is 1.31. The van der Waals surface area contributed by atoms with Crippen LogP contribution in [-0.4, -0.2) is 10.2 Å². The molecule has 1 rings (SSSR count). The minimum atomic E-state index is -0.143. The van der Waals surface area contributed by atoms with Crippen molar-refractivity contribution >= 4 is 0 Å². The zero-order valence-electron chi connectivity index (χ0n) is 9.22. The van der Waals surface area contributed by atoms with Gasteiger partial charge in [0, 0.05) is 16.5 Å². The molecule has 14 heavy (non-hydrogen) atoms. The third-order valence-corrected chi connectivity index (χ3v) is 2.32. The number of aryl methyl sites for hydroxylation is 1. The average molecular weight is 198 g/mol. The number of furan rings is 1. The summed E-state index contributed by atoms with van der Waals surface area (Å²) in [6.07, 6.45) is 0. The normalized spacial score (nSPS) is 12.1. The second-order valence-electron chi connectivity index (χ2n) is 4.51. The predicted octanol–water partition coefficient (Wildman–Crippen LogP) is 1.87. The van der Waals surface area contributed by atoms with Gasteiger partial charge < -0.3 is 14.6 Å². The van der Waals surface area contributed by atoms with Crippen LogP contribution >= 0.6 is 0 Å². The molecule has 0 aliphatic rings. The lowest BCUT2D eigenvalue weighted by atomic mass is 9.89. The van der Waals surface area contributed by atoms with Gasteiger partial charge in [-0.05, 0) is 6.92 Å². The van der Waals surface area contributed by atoms with E-state index in [1.807, 2.05) is 20.8 Å². The Morgan fingerprint density at radius 2 is 1.57 bits per heavy atom.